The van der Waals surface area contributed by atoms with Crippen molar-refractivity contribution in [3.8, 4) is 11.3 Å². The van der Waals surface area contributed by atoms with E-state index < -0.39 is 0 Å². The molecule has 0 saturated carbocycles. The lowest BCUT2D eigenvalue weighted by atomic mass is 10.1. The summed E-state index contributed by atoms with van der Waals surface area (Å²) in [6.45, 7) is 5.50. The second kappa shape index (κ2) is 5.65. The molecule has 0 unspecified atom stereocenters. The molecule has 2 aromatic heterocycles. The van der Waals surface area contributed by atoms with Gasteiger partial charge in [-0.3, -0.25) is 9.78 Å². The van der Waals surface area contributed by atoms with Gasteiger partial charge in [0.2, 0.25) is 0 Å². The molecular weight excluding hydrogens is 268 g/mol. The molecule has 3 rings (SSSR count). The van der Waals surface area contributed by atoms with Crippen LogP contribution in [0.5, 0.6) is 0 Å². The highest BCUT2D eigenvalue weighted by Gasteiger charge is 2.27. The van der Waals surface area contributed by atoms with Crippen molar-refractivity contribution in [2.24, 2.45) is 0 Å². The fourth-order valence-electron chi connectivity index (χ4n) is 2.68. The average molecular weight is 286 g/mol. The van der Waals surface area contributed by atoms with E-state index in [0.717, 1.165) is 5.56 Å². The predicted octanol–water partition coefficient (Wildman–Crippen LogP) is 1.56. The molecule has 0 radical (unpaired) electrons. The van der Waals surface area contributed by atoms with Gasteiger partial charge in [-0.15, -0.1) is 0 Å². The van der Waals surface area contributed by atoms with Crippen molar-refractivity contribution in [2.75, 3.05) is 13.1 Å². The van der Waals surface area contributed by atoms with Gasteiger partial charge in [-0.1, -0.05) is 5.16 Å². The number of hydrogen-bond donors (Lipinski definition) is 1. The number of carbonyl (C=O) groups excluding carboxylic acids is 1. The molecule has 6 heteroatoms. The number of nitrogens with zero attached hydrogens (tertiary/aromatic N) is 3. The van der Waals surface area contributed by atoms with Gasteiger partial charge in [0.1, 0.15) is 0 Å². The number of amides is 1. The van der Waals surface area contributed by atoms with Gasteiger partial charge in [0, 0.05) is 49.2 Å². The van der Waals surface area contributed by atoms with Crippen molar-refractivity contribution in [1.82, 2.24) is 20.4 Å². The van der Waals surface area contributed by atoms with Crippen LogP contribution >= 0.6 is 0 Å². The minimum absolute atomic E-state index is 0.0840. The van der Waals surface area contributed by atoms with E-state index in [-0.39, 0.29) is 18.0 Å². The number of aromatic nitrogens is 2. The highest BCUT2D eigenvalue weighted by Crippen LogP contribution is 2.20. The number of hydrogen-bond acceptors (Lipinski definition) is 5. The van der Waals surface area contributed by atoms with Gasteiger partial charge < -0.3 is 14.7 Å². The first kappa shape index (κ1) is 13.8. The monoisotopic (exact) mass is 286 g/mol. The molecule has 1 fully saturated rings. The number of piperazine rings is 1. The summed E-state index contributed by atoms with van der Waals surface area (Å²) >= 11 is 0. The summed E-state index contributed by atoms with van der Waals surface area (Å²) in [6.07, 6.45) is 3.36. The Hall–Kier alpha value is -2.21. The van der Waals surface area contributed by atoms with Crippen molar-refractivity contribution in [1.29, 1.82) is 0 Å². The van der Waals surface area contributed by atoms with Gasteiger partial charge in [-0.25, -0.2) is 0 Å². The Morgan fingerprint density at radius 1 is 1.29 bits per heavy atom. The van der Waals surface area contributed by atoms with E-state index in [1.165, 1.54) is 0 Å². The van der Waals surface area contributed by atoms with Crippen LogP contribution in [0, 0.1) is 0 Å². The first-order valence-electron chi connectivity index (χ1n) is 7.06. The largest absolute Gasteiger partial charge is 0.355 e. The zero-order valence-corrected chi connectivity index (χ0v) is 12.1. The fraction of sp³-hybridized carbons (Fsp3) is 0.400. The lowest BCUT2D eigenvalue weighted by molar-refractivity contribution is 0.0663. The maximum atomic E-state index is 12.5. The van der Waals surface area contributed by atoms with Crippen LogP contribution < -0.4 is 5.32 Å². The SMILES string of the molecule is C[C@@H]1CN(C(=O)c2cc(-c3ccncc3)on2)C[C@H](C)N1. The molecule has 3 heterocycles. The first-order valence-corrected chi connectivity index (χ1v) is 7.06. The molecule has 0 spiro atoms. The minimum atomic E-state index is -0.0840. The topological polar surface area (TPSA) is 71.3 Å². The Morgan fingerprint density at radius 3 is 2.62 bits per heavy atom. The van der Waals surface area contributed by atoms with E-state index in [1.807, 2.05) is 17.0 Å². The molecule has 1 aliphatic rings. The molecule has 1 N–H and O–H groups in total. The third kappa shape index (κ3) is 2.95. The summed E-state index contributed by atoms with van der Waals surface area (Å²) in [5.41, 5.74) is 1.21. The van der Waals surface area contributed by atoms with Crippen molar-refractivity contribution < 1.29 is 9.32 Å². The van der Waals surface area contributed by atoms with Gasteiger partial charge in [0.25, 0.3) is 5.91 Å². The average Bonchev–Trinajstić information content (AvgIpc) is 2.96. The highest BCUT2D eigenvalue weighted by molar-refractivity contribution is 5.93. The zero-order chi connectivity index (χ0) is 14.8. The summed E-state index contributed by atoms with van der Waals surface area (Å²) < 4.78 is 5.28. The maximum absolute atomic E-state index is 12.5. The van der Waals surface area contributed by atoms with E-state index in [9.17, 15) is 4.79 Å². The van der Waals surface area contributed by atoms with Crippen LogP contribution in [0.3, 0.4) is 0 Å². The Kier molecular flexibility index (Phi) is 3.70. The van der Waals surface area contributed by atoms with Gasteiger partial charge in [0.15, 0.2) is 11.5 Å². The van der Waals surface area contributed by atoms with Crippen molar-refractivity contribution in [2.45, 2.75) is 25.9 Å². The summed E-state index contributed by atoms with van der Waals surface area (Å²) in [7, 11) is 0. The van der Waals surface area contributed by atoms with Crippen LogP contribution in [0.15, 0.2) is 35.1 Å². The lowest BCUT2D eigenvalue weighted by Gasteiger charge is -2.35. The van der Waals surface area contributed by atoms with E-state index in [4.69, 9.17) is 4.52 Å². The zero-order valence-electron chi connectivity index (χ0n) is 12.1. The molecular formula is C15H18N4O2. The number of rotatable bonds is 2. The fourth-order valence-corrected chi connectivity index (χ4v) is 2.68. The standard InChI is InChI=1S/C15H18N4O2/c1-10-8-19(9-11(2)17-10)15(20)13-7-14(21-18-13)12-3-5-16-6-4-12/h3-7,10-11,17H,8-9H2,1-2H3/t10-,11+. The maximum Gasteiger partial charge on any atom is 0.276 e. The van der Waals surface area contributed by atoms with E-state index >= 15 is 0 Å². The van der Waals surface area contributed by atoms with Crippen LogP contribution in [-0.4, -0.2) is 46.1 Å². The van der Waals surface area contributed by atoms with Crippen LogP contribution in [-0.2, 0) is 0 Å². The van der Waals surface area contributed by atoms with E-state index in [1.54, 1.807) is 18.5 Å². The summed E-state index contributed by atoms with van der Waals surface area (Å²) in [5, 5.41) is 7.31. The number of carbonyl (C=O) groups is 1. The molecule has 2 aromatic rings. The highest BCUT2D eigenvalue weighted by atomic mass is 16.5. The second-order valence-corrected chi connectivity index (χ2v) is 5.49. The van der Waals surface area contributed by atoms with Gasteiger partial charge in [-0.05, 0) is 26.0 Å². The van der Waals surface area contributed by atoms with Crippen molar-refractivity contribution in [3.63, 3.8) is 0 Å². The van der Waals surface area contributed by atoms with Gasteiger partial charge in [0.05, 0.1) is 0 Å². The first-order chi connectivity index (χ1) is 10.1. The molecule has 110 valence electrons. The second-order valence-electron chi connectivity index (χ2n) is 5.49. The van der Waals surface area contributed by atoms with Crippen LogP contribution in [0.1, 0.15) is 24.3 Å². The number of pyridine rings is 1. The predicted molar refractivity (Wildman–Crippen MR) is 77.7 cm³/mol. The Bertz CT molecular complexity index is 616. The Balaban J connectivity index is 1.78. The normalized spacial score (nSPS) is 22.3. The third-order valence-corrected chi connectivity index (χ3v) is 3.54. The Labute approximate surface area is 123 Å². The smallest absolute Gasteiger partial charge is 0.276 e. The number of nitrogens with one attached hydrogen (secondary N) is 1. The van der Waals surface area contributed by atoms with Gasteiger partial charge in [-0.2, -0.15) is 0 Å². The molecule has 0 aliphatic carbocycles. The molecule has 2 atom stereocenters. The Morgan fingerprint density at radius 2 is 1.95 bits per heavy atom. The molecule has 0 bridgehead atoms. The van der Waals surface area contributed by atoms with Crippen molar-refractivity contribution in [3.05, 3.63) is 36.3 Å². The van der Waals surface area contributed by atoms with Crippen LogP contribution in [0.4, 0.5) is 0 Å². The molecule has 21 heavy (non-hydrogen) atoms. The lowest BCUT2D eigenvalue weighted by Crippen LogP contribution is -2.55. The minimum Gasteiger partial charge on any atom is -0.355 e. The van der Waals surface area contributed by atoms with Gasteiger partial charge >= 0.3 is 0 Å². The third-order valence-electron chi connectivity index (χ3n) is 3.54. The molecule has 1 aliphatic heterocycles. The van der Waals surface area contributed by atoms with Crippen molar-refractivity contribution >= 4 is 5.91 Å². The quantitative estimate of drug-likeness (QED) is 0.907. The molecule has 0 aromatic carbocycles. The summed E-state index contributed by atoms with van der Waals surface area (Å²) in [4.78, 5) is 18.3. The van der Waals surface area contributed by atoms with E-state index in [0.29, 0.717) is 24.5 Å². The molecule has 1 amide bonds. The summed E-state index contributed by atoms with van der Waals surface area (Å²) in [6, 6.07) is 5.90. The van der Waals surface area contributed by atoms with E-state index in [2.05, 4.69) is 29.3 Å². The van der Waals surface area contributed by atoms with Crippen LogP contribution in [0.25, 0.3) is 11.3 Å². The summed E-state index contributed by atoms with van der Waals surface area (Å²) in [5.74, 6) is 0.497. The molecule has 6 nitrogen and oxygen atoms in total. The van der Waals surface area contributed by atoms with Crippen LogP contribution in [0.2, 0.25) is 0 Å². The molecule has 1 saturated heterocycles.